The average molecular weight is 731 g/mol. The molecular weight excluding hydrogens is 677 g/mol. The number of piperidine rings is 1. The molecule has 5 heterocycles. The van der Waals surface area contributed by atoms with Gasteiger partial charge in [-0.3, -0.25) is 14.6 Å². The van der Waals surface area contributed by atoms with E-state index in [0.29, 0.717) is 11.9 Å². The van der Waals surface area contributed by atoms with Crippen molar-refractivity contribution >= 4 is 23.4 Å². The zero-order valence-electron chi connectivity index (χ0n) is 32.3. The Morgan fingerprint density at radius 3 is 2.43 bits per heavy atom. The van der Waals surface area contributed by atoms with Gasteiger partial charge in [-0.25, -0.2) is 9.48 Å². The maximum atomic E-state index is 13.8. The first-order chi connectivity index (χ1) is 26.1. The number of rotatable bonds is 8. The minimum absolute atomic E-state index is 0.149. The summed E-state index contributed by atoms with van der Waals surface area (Å²) >= 11 is 0. The van der Waals surface area contributed by atoms with Crippen LogP contribution in [0.2, 0.25) is 0 Å². The first kappa shape index (κ1) is 36.1. The Labute approximate surface area is 318 Å². The maximum Gasteiger partial charge on any atom is 0.320 e. The molecule has 0 spiro atoms. The van der Waals surface area contributed by atoms with Crippen molar-refractivity contribution in [2.45, 2.75) is 89.9 Å². The summed E-state index contributed by atoms with van der Waals surface area (Å²) in [4.78, 5) is 21.0. The third kappa shape index (κ3) is 7.67. The molecule has 2 aliphatic heterocycles. The molecule has 2 amide bonds. The van der Waals surface area contributed by atoms with Crippen LogP contribution in [0.5, 0.6) is 5.75 Å². The topological polar surface area (TPSA) is 108 Å². The van der Waals surface area contributed by atoms with Crippen LogP contribution in [0.3, 0.4) is 0 Å². The molecule has 0 radical (unpaired) electrons. The molecule has 3 atom stereocenters. The van der Waals surface area contributed by atoms with Gasteiger partial charge in [-0.2, -0.15) is 5.10 Å². The Bertz CT molecular complexity index is 2070. The summed E-state index contributed by atoms with van der Waals surface area (Å²) in [5.74, 6) is 2.28. The van der Waals surface area contributed by atoms with E-state index in [2.05, 4.69) is 111 Å². The van der Waals surface area contributed by atoms with Crippen molar-refractivity contribution in [3.63, 3.8) is 0 Å². The molecule has 0 saturated carbocycles. The van der Waals surface area contributed by atoms with Crippen molar-refractivity contribution in [3.05, 3.63) is 95.3 Å². The van der Waals surface area contributed by atoms with Crippen molar-refractivity contribution < 1.29 is 9.53 Å². The van der Waals surface area contributed by atoms with Crippen molar-refractivity contribution in [1.29, 1.82) is 0 Å². The largest absolute Gasteiger partial charge is 0.484 e. The highest BCUT2D eigenvalue weighted by Gasteiger charge is 2.31. The van der Waals surface area contributed by atoms with E-state index in [-0.39, 0.29) is 23.6 Å². The first-order valence-corrected chi connectivity index (χ1v) is 19.6. The van der Waals surface area contributed by atoms with Crippen LogP contribution in [0.25, 0.3) is 11.3 Å². The molecule has 54 heavy (non-hydrogen) atoms. The fraction of sp³-hybridized carbons (Fsp3) is 0.476. The van der Waals surface area contributed by atoms with Gasteiger partial charge in [-0.05, 0) is 87.0 Å². The van der Waals surface area contributed by atoms with E-state index < -0.39 is 0 Å². The van der Waals surface area contributed by atoms with Gasteiger partial charge in [0.25, 0.3) is 0 Å². The minimum Gasteiger partial charge on any atom is -0.484 e. The van der Waals surface area contributed by atoms with Crippen molar-refractivity contribution in [2.24, 2.45) is 0 Å². The number of hydrogen-bond acceptors (Lipinski definition) is 8. The molecule has 12 heteroatoms. The lowest BCUT2D eigenvalue weighted by Crippen LogP contribution is -2.43. The number of fused-ring (bicyclic) bond motifs is 2. The van der Waals surface area contributed by atoms with E-state index in [4.69, 9.17) is 9.84 Å². The van der Waals surface area contributed by atoms with E-state index in [1.807, 2.05) is 41.2 Å². The highest BCUT2D eigenvalue weighted by Crippen LogP contribution is 2.39. The van der Waals surface area contributed by atoms with Crippen molar-refractivity contribution in [1.82, 2.24) is 39.5 Å². The van der Waals surface area contributed by atoms with Crippen LogP contribution in [-0.2, 0) is 12.0 Å². The number of ether oxygens (including phenoxy) is 1. The summed E-state index contributed by atoms with van der Waals surface area (Å²) in [6, 6.07) is 22.8. The molecule has 2 aromatic carbocycles. The molecule has 2 fully saturated rings. The Morgan fingerprint density at radius 2 is 1.67 bits per heavy atom. The lowest BCUT2D eigenvalue weighted by Gasteiger charge is -2.33. The smallest absolute Gasteiger partial charge is 0.320 e. The number of carbonyl (C=O) groups excluding carboxylic acids is 1. The Kier molecular flexibility index (Phi) is 10.1. The van der Waals surface area contributed by atoms with Crippen molar-refractivity contribution in [2.75, 3.05) is 50.0 Å². The van der Waals surface area contributed by atoms with Crippen LogP contribution >= 0.6 is 0 Å². The zero-order chi connectivity index (χ0) is 37.4. The molecule has 0 unspecified atom stereocenters. The minimum atomic E-state index is -0.264. The van der Waals surface area contributed by atoms with Gasteiger partial charge in [0.1, 0.15) is 17.7 Å². The number of urea groups is 1. The predicted molar refractivity (Wildman–Crippen MR) is 213 cm³/mol. The summed E-state index contributed by atoms with van der Waals surface area (Å²) in [7, 11) is 2.18. The number of piperazine rings is 1. The zero-order valence-corrected chi connectivity index (χ0v) is 32.3. The van der Waals surface area contributed by atoms with Gasteiger partial charge < -0.3 is 19.9 Å². The predicted octanol–water partition coefficient (Wildman–Crippen LogP) is 7.12. The van der Waals surface area contributed by atoms with Gasteiger partial charge >= 0.3 is 6.03 Å². The number of aromatic nitrogens is 5. The molecule has 2 saturated heterocycles. The fourth-order valence-electron chi connectivity index (χ4n) is 8.06. The van der Waals surface area contributed by atoms with E-state index in [9.17, 15) is 4.79 Å². The number of anilines is 2. The number of amides is 2. The van der Waals surface area contributed by atoms with Crippen LogP contribution < -0.4 is 20.3 Å². The van der Waals surface area contributed by atoms with E-state index in [1.54, 1.807) is 0 Å². The van der Waals surface area contributed by atoms with E-state index in [0.717, 1.165) is 105 Å². The molecule has 2 N–H and O–H groups in total. The van der Waals surface area contributed by atoms with Crippen LogP contribution in [0.1, 0.15) is 94.3 Å². The summed E-state index contributed by atoms with van der Waals surface area (Å²) in [6.07, 6.45) is 6.92. The third-order valence-corrected chi connectivity index (χ3v) is 11.3. The fourth-order valence-corrected chi connectivity index (χ4v) is 8.06. The number of benzene rings is 2. The highest BCUT2D eigenvalue weighted by atomic mass is 16.5. The van der Waals surface area contributed by atoms with Gasteiger partial charge in [0.05, 0.1) is 23.6 Å². The third-order valence-electron chi connectivity index (χ3n) is 11.3. The monoisotopic (exact) mass is 730 g/mol. The maximum absolute atomic E-state index is 13.8. The quantitative estimate of drug-likeness (QED) is 0.174. The molecule has 8 rings (SSSR count). The second-order valence-electron chi connectivity index (χ2n) is 16.4. The van der Waals surface area contributed by atoms with Gasteiger partial charge in [0.2, 0.25) is 5.95 Å². The Morgan fingerprint density at radius 1 is 0.889 bits per heavy atom. The van der Waals surface area contributed by atoms with Gasteiger partial charge in [0, 0.05) is 56.8 Å². The molecule has 0 bridgehead atoms. The summed E-state index contributed by atoms with van der Waals surface area (Å²) in [5.41, 5.74) is 5.86. The van der Waals surface area contributed by atoms with Crippen LogP contribution in [0.15, 0.2) is 72.9 Å². The number of carbonyl (C=O) groups is 1. The number of likely N-dealkylation sites (N-methyl/N-ethyl adjacent to an activating group) is 1. The first-order valence-electron chi connectivity index (χ1n) is 19.6. The lowest BCUT2D eigenvalue weighted by molar-refractivity contribution is 0.148. The second-order valence-corrected chi connectivity index (χ2v) is 16.4. The number of pyridine rings is 1. The van der Waals surface area contributed by atoms with Gasteiger partial charge in [0.15, 0.2) is 5.65 Å². The Hall–Kier alpha value is -4.94. The van der Waals surface area contributed by atoms with Gasteiger partial charge in [-0.1, -0.05) is 57.2 Å². The summed E-state index contributed by atoms with van der Waals surface area (Å²) < 4.78 is 10.6. The molecular formula is C42H54N10O2. The summed E-state index contributed by atoms with van der Waals surface area (Å²) in [6.45, 7) is 14.9. The Balaban J connectivity index is 0.965. The van der Waals surface area contributed by atoms with E-state index >= 15 is 0 Å². The summed E-state index contributed by atoms with van der Waals surface area (Å²) in [5, 5.41) is 20.4. The highest BCUT2D eigenvalue weighted by molar-refractivity contribution is 5.89. The molecule has 12 nitrogen and oxygen atoms in total. The molecule has 5 aromatic rings. The van der Waals surface area contributed by atoms with E-state index in [1.165, 1.54) is 12.0 Å². The lowest BCUT2D eigenvalue weighted by atomic mass is 9.85. The SMILES string of the molecule is C[C@H]1CCCCN1c1nnc2ccc(O[C@@H]3CC[C@H](NC(=O)Nc4cc(C(C)(C)C)nn4-c4ccc(CN5CCN(C)CC5)cc4)c4ccccc43)cn12. The standard InChI is InChI=1S/C42H54N10O2/c1-29-10-8-9-21-50(29)41-46-45-38-20-17-32(28-51(38)41)54-36-19-18-35(33-11-6-7-12-34(33)36)43-40(53)44-39-26-37(42(2,3)4)47-52(39)31-15-13-30(14-16-31)27-49-24-22-48(5)23-25-49/h6-7,11-17,20,26,28-29,35-36H,8-10,18-19,21-25,27H2,1-5H3,(H2,43,44,53)/t29-,35-,36+/m0/s1. The van der Waals surface area contributed by atoms with Gasteiger partial charge in [-0.15, -0.1) is 10.2 Å². The molecule has 284 valence electrons. The average Bonchev–Trinajstić information content (AvgIpc) is 3.79. The molecule has 3 aliphatic rings. The van der Waals surface area contributed by atoms with Crippen molar-refractivity contribution in [3.8, 4) is 11.4 Å². The van der Waals surface area contributed by atoms with Crippen LogP contribution in [0, 0.1) is 0 Å². The number of hydrogen-bond donors (Lipinski definition) is 2. The molecule has 3 aromatic heterocycles. The van der Waals surface area contributed by atoms with Crippen LogP contribution in [0.4, 0.5) is 16.6 Å². The number of nitrogens with zero attached hydrogens (tertiary/aromatic N) is 8. The number of nitrogens with one attached hydrogen (secondary N) is 2. The normalized spacial score (nSPS) is 21.2. The second kappa shape index (κ2) is 15.1. The molecule has 1 aliphatic carbocycles. The van der Waals surface area contributed by atoms with Crippen LogP contribution in [-0.4, -0.2) is 86.0 Å².